The van der Waals surface area contributed by atoms with E-state index in [0.717, 1.165) is 18.7 Å². The molecule has 0 heterocycles. The number of primary amides is 1. The van der Waals surface area contributed by atoms with Gasteiger partial charge in [0.1, 0.15) is 0 Å². The van der Waals surface area contributed by atoms with E-state index in [2.05, 4.69) is 19.2 Å². The number of benzene rings is 1. The number of nitrogens with one attached hydrogen (secondary N) is 1. The molecule has 4 heteroatoms. The van der Waals surface area contributed by atoms with Crippen molar-refractivity contribution in [3.05, 3.63) is 28.8 Å². The van der Waals surface area contributed by atoms with Crippen LogP contribution in [0.2, 0.25) is 5.02 Å². The smallest absolute Gasteiger partial charge is 0.250 e. The van der Waals surface area contributed by atoms with Gasteiger partial charge in [0.2, 0.25) is 5.91 Å². The maximum absolute atomic E-state index is 11.1. The zero-order valence-electron chi connectivity index (χ0n) is 9.59. The Kier molecular flexibility index (Phi) is 4.62. The summed E-state index contributed by atoms with van der Waals surface area (Å²) in [6, 6.07) is 5.21. The lowest BCUT2D eigenvalue weighted by atomic mass is 10.1. The standard InChI is InChI=1S/C12H17ClN2O/c1-8(2)5-6-15-9-3-4-11(13)10(7-9)12(14)16/h3-4,7-8,15H,5-6H2,1-2H3,(H2,14,16). The first-order chi connectivity index (χ1) is 7.50. The molecule has 1 rings (SSSR count). The molecule has 0 aliphatic heterocycles. The Morgan fingerprint density at radius 3 is 2.75 bits per heavy atom. The van der Waals surface area contributed by atoms with Crippen LogP contribution in [0.5, 0.6) is 0 Å². The van der Waals surface area contributed by atoms with Crippen LogP contribution in [0.3, 0.4) is 0 Å². The average Bonchev–Trinajstić information content (AvgIpc) is 2.19. The molecule has 0 aliphatic rings. The Morgan fingerprint density at radius 2 is 2.19 bits per heavy atom. The van der Waals surface area contributed by atoms with Crippen molar-refractivity contribution in [3.8, 4) is 0 Å². The molecule has 88 valence electrons. The van der Waals surface area contributed by atoms with Crippen molar-refractivity contribution >= 4 is 23.2 Å². The van der Waals surface area contributed by atoms with Gasteiger partial charge < -0.3 is 11.1 Å². The molecule has 0 saturated heterocycles. The first-order valence-electron chi connectivity index (χ1n) is 5.34. The van der Waals surface area contributed by atoms with Crippen molar-refractivity contribution in [1.82, 2.24) is 0 Å². The van der Waals surface area contributed by atoms with Gasteiger partial charge >= 0.3 is 0 Å². The number of carbonyl (C=O) groups is 1. The Balaban J connectivity index is 2.68. The lowest BCUT2D eigenvalue weighted by Gasteiger charge is -2.09. The van der Waals surface area contributed by atoms with Crippen LogP contribution < -0.4 is 11.1 Å². The Hall–Kier alpha value is -1.22. The summed E-state index contributed by atoms with van der Waals surface area (Å²) in [5, 5.41) is 3.62. The third-order valence-corrected chi connectivity index (χ3v) is 2.61. The van der Waals surface area contributed by atoms with Crippen LogP contribution in [-0.4, -0.2) is 12.5 Å². The molecule has 0 fully saturated rings. The van der Waals surface area contributed by atoms with Crippen LogP contribution in [0, 0.1) is 5.92 Å². The molecule has 0 bridgehead atoms. The fourth-order valence-electron chi connectivity index (χ4n) is 1.33. The monoisotopic (exact) mass is 240 g/mol. The molecule has 0 spiro atoms. The van der Waals surface area contributed by atoms with E-state index in [4.69, 9.17) is 17.3 Å². The molecule has 3 nitrogen and oxygen atoms in total. The van der Waals surface area contributed by atoms with Crippen LogP contribution in [-0.2, 0) is 0 Å². The molecular weight excluding hydrogens is 224 g/mol. The number of anilines is 1. The van der Waals surface area contributed by atoms with Crippen molar-refractivity contribution < 1.29 is 4.79 Å². The quantitative estimate of drug-likeness (QED) is 0.832. The van der Waals surface area contributed by atoms with Crippen LogP contribution >= 0.6 is 11.6 Å². The van der Waals surface area contributed by atoms with E-state index in [0.29, 0.717) is 16.5 Å². The predicted molar refractivity (Wildman–Crippen MR) is 67.9 cm³/mol. The first kappa shape index (κ1) is 12.8. The van der Waals surface area contributed by atoms with E-state index in [-0.39, 0.29) is 0 Å². The molecule has 3 N–H and O–H groups in total. The highest BCUT2D eigenvalue weighted by Gasteiger charge is 2.07. The van der Waals surface area contributed by atoms with E-state index < -0.39 is 5.91 Å². The van der Waals surface area contributed by atoms with Crippen LogP contribution in [0.15, 0.2) is 18.2 Å². The van der Waals surface area contributed by atoms with Gasteiger partial charge in [0.05, 0.1) is 10.6 Å². The number of hydrogen-bond acceptors (Lipinski definition) is 2. The fourth-order valence-corrected chi connectivity index (χ4v) is 1.54. The zero-order chi connectivity index (χ0) is 12.1. The molecule has 0 atom stereocenters. The number of hydrogen-bond donors (Lipinski definition) is 2. The normalized spacial score (nSPS) is 10.5. The minimum Gasteiger partial charge on any atom is -0.385 e. The molecule has 0 saturated carbocycles. The highest BCUT2D eigenvalue weighted by molar-refractivity contribution is 6.33. The van der Waals surface area contributed by atoms with Gasteiger partial charge in [0, 0.05) is 12.2 Å². The first-order valence-corrected chi connectivity index (χ1v) is 5.71. The lowest BCUT2D eigenvalue weighted by Crippen LogP contribution is -2.12. The minimum atomic E-state index is -0.502. The van der Waals surface area contributed by atoms with Gasteiger partial charge in [-0.2, -0.15) is 0 Å². The van der Waals surface area contributed by atoms with Crippen LogP contribution in [0.25, 0.3) is 0 Å². The third-order valence-electron chi connectivity index (χ3n) is 2.28. The van der Waals surface area contributed by atoms with E-state index in [1.165, 1.54) is 0 Å². The van der Waals surface area contributed by atoms with Crippen molar-refractivity contribution in [3.63, 3.8) is 0 Å². The summed E-state index contributed by atoms with van der Waals surface area (Å²) < 4.78 is 0. The molecule has 1 amide bonds. The number of rotatable bonds is 5. The number of halogens is 1. The predicted octanol–water partition coefficient (Wildman–Crippen LogP) is 2.90. The maximum atomic E-state index is 11.1. The SMILES string of the molecule is CC(C)CCNc1ccc(Cl)c(C(N)=O)c1. The second-order valence-electron chi connectivity index (χ2n) is 4.17. The van der Waals surface area contributed by atoms with Gasteiger partial charge in [-0.15, -0.1) is 0 Å². The van der Waals surface area contributed by atoms with E-state index in [1.807, 2.05) is 6.07 Å². The van der Waals surface area contributed by atoms with Crippen LogP contribution in [0.1, 0.15) is 30.6 Å². The number of nitrogens with two attached hydrogens (primary N) is 1. The summed E-state index contributed by atoms with van der Waals surface area (Å²) in [7, 11) is 0. The third kappa shape index (κ3) is 3.74. The molecule has 0 radical (unpaired) electrons. The van der Waals surface area contributed by atoms with Crippen molar-refractivity contribution in [2.45, 2.75) is 20.3 Å². The van der Waals surface area contributed by atoms with E-state index in [9.17, 15) is 4.79 Å². The highest BCUT2D eigenvalue weighted by Crippen LogP contribution is 2.20. The van der Waals surface area contributed by atoms with Gasteiger partial charge in [0.25, 0.3) is 0 Å². The van der Waals surface area contributed by atoms with Gasteiger partial charge in [-0.3, -0.25) is 4.79 Å². The highest BCUT2D eigenvalue weighted by atomic mass is 35.5. The summed E-state index contributed by atoms with van der Waals surface area (Å²) >= 11 is 5.85. The van der Waals surface area contributed by atoms with E-state index in [1.54, 1.807) is 12.1 Å². The second-order valence-corrected chi connectivity index (χ2v) is 4.58. The molecule has 1 aromatic rings. The zero-order valence-corrected chi connectivity index (χ0v) is 10.3. The van der Waals surface area contributed by atoms with Crippen molar-refractivity contribution in [2.24, 2.45) is 11.7 Å². The average molecular weight is 241 g/mol. The maximum Gasteiger partial charge on any atom is 0.250 e. The molecule has 0 aromatic heterocycles. The topological polar surface area (TPSA) is 55.1 Å². The Bertz CT molecular complexity index is 377. The summed E-state index contributed by atoms with van der Waals surface area (Å²) in [6.07, 6.45) is 1.08. The van der Waals surface area contributed by atoms with Crippen LogP contribution in [0.4, 0.5) is 5.69 Å². The van der Waals surface area contributed by atoms with Crippen molar-refractivity contribution in [2.75, 3.05) is 11.9 Å². The summed E-state index contributed by atoms with van der Waals surface area (Å²) in [5.74, 6) is 0.146. The summed E-state index contributed by atoms with van der Waals surface area (Å²) in [4.78, 5) is 11.1. The Morgan fingerprint density at radius 1 is 1.50 bits per heavy atom. The molecule has 16 heavy (non-hydrogen) atoms. The second kappa shape index (κ2) is 5.75. The van der Waals surface area contributed by atoms with Crippen molar-refractivity contribution in [1.29, 1.82) is 0 Å². The molecule has 1 aromatic carbocycles. The van der Waals surface area contributed by atoms with E-state index >= 15 is 0 Å². The minimum absolute atomic E-state index is 0.358. The van der Waals surface area contributed by atoms with Gasteiger partial charge in [0.15, 0.2) is 0 Å². The molecule has 0 unspecified atom stereocenters. The summed E-state index contributed by atoms with van der Waals surface area (Å²) in [6.45, 7) is 5.20. The number of amides is 1. The fraction of sp³-hybridized carbons (Fsp3) is 0.417. The number of carbonyl (C=O) groups excluding carboxylic acids is 1. The lowest BCUT2D eigenvalue weighted by molar-refractivity contribution is 0.100. The largest absolute Gasteiger partial charge is 0.385 e. The van der Waals surface area contributed by atoms with Gasteiger partial charge in [-0.25, -0.2) is 0 Å². The summed E-state index contributed by atoms with van der Waals surface area (Å²) in [5.41, 5.74) is 6.44. The Labute approximate surface area is 101 Å². The molecular formula is C12H17ClN2O. The van der Waals surface area contributed by atoms with Gasteiger partial charge in [-0.05, 0) is 30.5 Å². The van der Waals surface area contributed by atoms with Gasteiger partial charge in [-0.1, -0.05) is 25.4 Å². The molecule has 0 aliphatic carbocycles.